The molecule has 2 saturated heterocycles. The molecule has 0 radical (unpaired) electrons. The lowest BCUT2D eigenvalue weighted by Gasteiger charge is -2.07. The maximum absolute atomic E-state index is 4.89. The second-order valence-corrected chi connectivity index (χ2v) is 6.07. The van der Waals surface area contributed by atoms with Crippen molar-refractivity contribution in [3.05, 3.63) is 15.6 Å². The van der Waals surface area contributed by atoms with Gasteiger partial charge in [0.1, 0.15) is 0 Å². The molecule has 3 heterocycles. The molecular weight excluding hydrogens is 218 g/mol. The monoisotopic (exact) mass is 237 g/mol. The van der Waals surface area contributed by atoms with Crippen molar-refractivity contribution in [2.24, 2.45) is 0 Å². The molecule has 2 aliphatic rings. The Bertz CT molecular complexity index is 362. The average molecular weight is 237 g/mol. The standard InChI is InChI=1S/C12H19N3S/c1-8-11(10-3-2-5-14-10)15-12(16-8)9-4-6-13-7-9/h9-10,13-14H,2-7H2,1H3. The van der Waals surface area contributed by atoms with E-state index in [0.717, 1.165) is 19.6 Å². The highest BCUT2D eigenvalue weighted by atomic mass is 32.1. The summed E-state index contributed by atoms with van der Waals surface area (Å²) in [7, 11) is 0. The summed E-state index contributed by atoms with van der Waals surface area (Å²) in [5.41, 5.74) is 1.32. The predicted octanol–water partition coefficient (Wildman–Crippen LogP) is 1.95. The van der Waals surface area contributed by atoms with Gasteiger partial charge in [0.05, 0.1) is 16.7 Å². The first kappa shape index (κ1) is 10.7. The van der Waals surface area contributed by atoms with Crippen LogP contribution >= 0.6 is 11.3 Å². The molecule has 0 aromatic carbocycles. The van der Waals surface area contributed by atoms with Crippen LogP contribution in [0.15, 0.2) is 0 Å². The quantitative estimate of drug-likeness (QED) is 0.825. The lowest BCUT2D eigenvalue weighted by Crippen LogP contribution is -2.14. The molecule has 0 bridgehead atoms. The average Bonchev–Trinajstić information content (AvgIpc) is 2.97. The van der Waals surface area contributed by atoms with Gasteiger partial charge in [-0.1, -0.05) is 0 Å². The van der Waals surface area contributed by atoms with E-state index in [0.29, 0.717) is 12.0 Å². The number of thiazole rings is 1. The molecule has 3 rings (SSSR count). The van der Waals surface area contributed by atoms with Crippen LogP contribution in [0.25, 0.3) is 0 Å². The molecule has 0 aliphatic carbocycles. The maximum Gasteiger partial charge on any atom is 0.0975 e. The second kappa shape index (κ2) is 4.43. The molecular formula is C12H19N3S. The smallest absolute Gasteiger partial charge is 0.0975 e. The molecule has 2 unspecified atom stereocenters. The fourth-order valence-electron chi connectivity index (χ4n) is 2.71. The lowest BCUT2D eigenvalue weighted by atomic mass is 10.1. The highest BCUT2D eigenvalue weighted by molar-refractivity contribution is 7.11. The molecule has 2 atom stereocenters. The van der Waals surface area contributed by atoms with E-state index in [1.165, 1.54) is 34.8 Å². The highest BCUT2D eigenvalue weighted by Crippen LogP contribution is 2.33. The zero-order valence-corrected chi connectivity index (χ0v) is 10.6. The van der Waals surface area contributed by atoms with Crippen LogP contribution in [-0.2, 0) is 0 Å². The van der Waals surface area contributed by atoms with Crippen molar-refractivity contribution in [1.82, 2.24) is 15.6 Å². The van der Waals surface area contributed by atoms with E-state index in [2.05, 4.69) is 17.6 Å². The van der Waals surface area contributed by atoms with Gasteiger partial charge in [-0.15, -0.1) is 11.3 Å². The molecule has 0 saturated carbocycles. The lowest BCUT2D eigenvalue weighted by molar-refractivity contribution is 0.621. The van der Waals surface area contributed by atoms with Crippen LogP contribution in [0.1, 0.15) is 46.8 Å². The SMILES string of the molecule is Cc1sc(C2CCNC2)nc1C1CCCN1. The van der Waals surface area contributed by atoms with Crippen molar-refractivity contribution < 1.29 is 0 Å². The van der Waals surface area contributed by atoms with Crippen molar-refractivity contribution in [1.29, 1.82) is 0 Å². The molecule has 2 aliphatic heterocycles. The minimum absolute atomic E-state index is 0.527. The van der Waals surface area contributed by atoms with Crippen LogP contribution in [0.5, 0.6) is 0 Å². The predicted molar refractivity (Wildman–Crippen MR) is 67.1 cm³/mol. The Labute approximate surface area is 101 Å². The van der Waals surface area contributed by atoms with Crippen molar-refractivity contribution in [3.8, 4) is 0 Å². The molecule has 1 aromatic heterocycles. The van der Waals surface area contributed by atoms with Crippen LogP contribution in [-0.4, -0.2) is 24.6 Å². The number of aryl methyl sites for hydroxylation is 1. The largest absolute Gasteiger partial charge is 0.316 e. The fourth-order valence-corrected chi connectivity index (χ4v) is 3.83. The van der Waals surface area contributed by atoms with E-state index in [-0.39, 0.29) is 0 Å². The van der Waals surface area contributed by atoms with Gasteiger partial charge in [-0.05, 0) is 39.3 Å². The second-order valence-electron chi connectivity index (χ2n) is 4.83. The molecule has 0 spiro atoms. The number of aromatic nitrogens is 1. The first-order valence-electron chi connectivity index (χ1n) is 6.26. The molecule has 88 valence electrons. The third-order valence-electron chi connectivity index (χ3n) is 3.65. The van der Waals surface area contributed by atoms with Crippen LogP contribution in [0.3, 0.4) is 0 Å². The maximum atomic E-state index is 4.89. The number of hydrogen-bond donors (Lipinski definition) is 2. The van der Waals surface area contributed by atoms with Gasteiger partial charge in [-0.25, -0.2) is 4.98 Å². The van der Waals surface area contributed by atoms with E-state index < -0.39 is 0 Å². The van der Waals surface area contributed by atoms with E-state index in [4.69, 9.17) is 4.98 Å². The molecule has 3 nitrogen and oxygen atoms in total. The van der Waals surface area contributed by atoms with Gasteiger partial charge in [0.2, 0.25) is 0 Å². The van der Waals surface area contributed by atoms with E-state index >= 15 is 0 Å². The van der Waals surface area contributed by atoms with E-state index in [9.17, 15) is 0 Å². The summed E-state index contributed by atoms with van der Waals surface area (Å²) in [6.07, 6.45) is 3.80. The van der Waals surface area contributed by atoms with Gasteiger partial charge in [-0.2, -0.15) is 0 Å². The normalized spacial score (nSPS) is 30.1. The first-order chi connectivity index (χ1) is 7.84. The number of nitrogens with zero attached hydrogens (tertiary/aromatic N) is 1. The summed E-state index contributed by atoms with van der Waals surface area (Å²) in [6, 6.07) is 0.527. The van der Waals surface area contributed by atoms with Crippen LogP contribution in [0.2, 0.25) is 0 Å². The Morgan fingerprint density at radius 2 is 2.25 bits per heavy atom. The number of rotatable bonds is 2. The Morgan fingerprint density at radius 1 is 1.31 bits per heavy atom. The molecule has 1 aromatic rings. The van der Waals surface area contributed by atoms with E-state index in [1.807, 2.05) is 11.3 Å². The molecule has 4 heteroatoms. The number of hydrogen-bond acceptors (Lipinski definition) is 4. The minimum Gasteiger partial charge on any atom is -0.316 e. The van der Waals surface area contributed by atoms with Gasteiger partial charge in [0, 0.05) is 17.3 Å². The fraction of sp³-hybridized carbons (Fsp3) is 0.750. The zero-order chi connectivity index (χ0) is 11.0. The molecule has 2 N–H and O–H groups in total. The van der Waals surface area contributed by atoms with Crippen LogP contribution in [0, 0.1) is 6.92 Å². The summed E-state index contributed by atoms with van der Waals surface area (Å²) in [5.74, 6) is 0.666. The van der Waals surface area contributed by atoms with Crippen molar-refractivity contribution in [2.45, 2.75) is 38.1 Å². The van der Waals surface area contributed by atoms with Gasteiger partial charge in [0.15, 0.2) is 0 Å². The highest BCUT2D eigenvalue weighted by Gasteiger charge is 2.25. The van der Waals surface area contributed by atoms with Gasteiger partial charge in [0.25, 0.3) is 0 Å². The van der Waals surface area contributed by atoms with Gasteiger partial charge in [-0.3, -0.25) is 0 Å². The first-order valence-corrected chi connectivity index (χ1v) is 7.07. The molecule has 16 heavy (non-hydrogen) atoms. The third kappa shape index (κ3) is 1.90. The zero-order valence-electron chi connectivity index (χ0n) is 9.75. The molecule has 0 amide bonds. The van der Waals surface area contributed by atoms with E-state index in [1.54, 1.807) is 0 Å². The van der Waals surface area contributed by atoms with Crippen molar-refractivity contribution >= 4 is 11.3 Å². The Hall–Kier alpha value is -0.450. The van der Waals surface area contributed by atoms with Gasteiger partial charge >= 0.3 is 0 Å². The van der Waals surface area contributed by atoms with Gasteiger partial charge < -0.3 is 10.6 Å². The van der Waals surface area contributed by atoms with Crippen LogP contribution < -0.4 is 10.6 Å². The van der Waals surface area contributed by atoms with Crippen LogP contribution in [0.4, 0.5) is 0 Å². The summed E-state index contributed by atoms with van der Waals surface area (Å²) in [6.45, 7) is 5.64. The Balaban J connectivity index is 1.83. The summed E-state index contributed by atoms with van der Waals surface area (Å²) < 4.78 is 0. The Kier molecular flexibility index (Phi) is 2.96. The molecule has 2 fully saturated rings. The summed E-state index contributed by atoms with van der Waals surface area (Å²) in [5, 5.41) is 8.32. The topological polar surface area (TPSA) is 37.0 Å². The van der Waals surface area contributed by atoms with Crippen molar-refractivity contribution in [3.63, 3.8) is 0 Å². The third-order valence-corrected chi connectivity index (χ3v) is 4.80. The minimum atomic E-state index is 0.527. The summed E-state index contributed by atoms with van der Waals surface area (Å²) >= 11 is 1.91. The Morgan fingerprint density at radius 3 is 2.94 bits per heavy atom. The van der Waals surface area contributed by atoms with Crippen molar-refractivity contribution in [2.75, 3.05) is 19.6 Å². The number of nitrogens with one attached hydrogen (secondary N) is 2. The summed E-state index contributed by atoms with van der Waals surface area (Å²) in [4.78, 5) is 6.31.